The van der Waals surface area contributed by atoms with Crippen LogP contribution in [0.3, 0.4) is 0 Å². The molecule has 0 saturated carbocycles. The molecule has 0 saturated heterocycles. The molecule has 13 heavy (non-hydrogen) atoms. The maximum atomic E-state index is 5.95. The quantitative estimate of drug-likeness (QED) is 0.589. The Morgan fingerprint density at radius 1 is 1.23 bits per heavy atom. The number of rotatable bonds is 8. The molecule has 0 spiro atoms. The molecule has 0 aromatic rings. The van der Waals surface area contributed by atoms with Crippen LogP contribution in [0.5, 0.6) is 0 Å². The summed E-state index contributed by atoms with van der Waals surface area (Å²) in [4.78, 5) is 0. The molecule has 1 atom stereocenters. The summed E-state index contributed by atoms with van der Waals surface area (Å²) < 4.78 is 10.3. The van der Waals surface area contributed by atoms with E-state index in [0.29, 0.717) is 0 Å². The van der Waals surface area contributed by atoms with Crippen LogP contribution in [-0.4, -0.2) is 32.5 Å². The van der Waals surface area contributed by atoms with Crippen LogP contribution in [0.1, 0.15) is 33.1 Å². The standard InChI is InChI=1S/C10H23NO2/c1-4-10(2,11)6-9-13-8-5-7-12-3/h4-9,11H2,1-3H3. The van der Waals surface area contributed by atoms with Gasteiger partial charge in [-0.15, -0.1) is 0 Å². The summed E-state index contributed by atoms with van der Waals surface area (Å²) in [6.07, 6.45) is 2.88. The third-order valence-electron chi connectivity index (χ3n) is 2.26. The van der Waals surface area contributed by atoms with Crippen LogP contribution in [0.15, 0.2) is 0 Å². The average Bonchev–Trinajstić information content (AvgIpc) is 2.11. The Hall–Kier alpha value is -0.120. The monoisotopic (exact) mass is 189 g/mol. The molecule has 2 N–H and O–H groups in total. The fourth-order valence-electron chi connectivity index (χ4n) is 0.889. The normalized spacial score (nSPS) is 15.7. The van der Waals surface area contributed by atoms with Crippen LogP contribution in [0.4, 0.5) is 0 Å². The first-order valence-corrected chi connectivity index (χ1v) is 4.98. The second-order valence-electron chi connectivity index (χ2n) is 3.72. The van der Waals surface area contributed by atoms with Gasteiger partial charge in [0.25, 0.3) is 0 Å². The van der Waals surface area contributed by atoms with Crippen molar-refractivity contribution >= 4 is 0 Å². The minimum absolute atomic E-state index is 0.0682. The fourth-order valence-corrected chi connectivity index (χ4v) is 0.889. The summed E-state index contributed by atoms with van der Waals surface area (Å²) in [5.41, 5.74) is 5.88. The van der Waals surface area contributed by atoms with Crippen molar-refractivity contribution < 1.29 is 9.47 Å². The van der Waals surface area contributed by atoms with Crippen LogP contribution in [0.2, 0.25) is 0 Å². The lowest BCUT2D eigenvalue weighted by Crippen LogP contribution is -2.36. The van der Waals surface area contributed by atoms with Gasteiger partial charge in [0.05, 0.1) is 0 Å². The van der Waals surface area contributed by atoms with Gasteiger partial charge in [-0.05, 0) is 26.2 Å². The van der Waals surface area contributed by atoms with Gasteiger partial charge in [-0.2, -0.15) is 0 Å². The molecular formula is C10H23NO2. The molecular weight excluding hydrogens is 166 g/mol. The van der Waals surface area contributed by atoms with Gasteiger partial charge in [0.15, 0.2) is 0 Å². The van der Waals surface area contributed by atoms with Gasteiger partial charge in [0, 0.05) is 32.5 Å². The molecule has 0 rings (SSSR count). The van der Waals surface area contributed by atoms with Crippen molar-refractivity contribution in [1.29, 1.82) is 0 Å². The second-order valence-corrected chi connectivity index (χ2v) is 3.72. The van der Waals surface area contributed by atoms with E-state index in [1.54, 1.807) is 7.11 Å². The van der Waals surface area contributed by atoms with E-state index in [9.17, 15) is 0 Å². The minimum Gasteiger partial charge on any atom is -0.385 e. The van der Waals surface area contributed by atoms with Crippen molar-refractivity contribution in [2.45, 2.75) is 38.6 Å². The highest BCUT2D eigenvalue weighted by Gasteiger charge is 2.14. The summed E-state index contributed by atoms with van der Waals surface area (Å²) in [5, 5.41) is 0. The molecule has 0 amide bonds. The highest BCUT2D eigenvalue weighted by atomic mass is 16.5. The van der Waals surface area contributed by atoms with Gasteiger partial charge in [0.2, 0.25) is 0 Å². The van der Waals surface area contributed by atoms with E-state index >= 15 is 0 Å². The minimum atomic E-state index is -0.0682. The van der Waals surface area contributed by atoms with Gasteiger partial charge in [-0.1, -0.05) is 6.92 Å². The Morgan fingerprint density at radius 2 is 1.92 bits per heavy atom. The number of hydrogen-bond acceptors (Lipinski definition) is 3. The van der Waals surface area contributed by atoms with E-state index in [1.807, 2.05) is 0 Å². The highest BCUT2D eigenvalue weighted by molar-refractivity contribution is 4.75. The molecule has 3 heteroatoms. The molecule has 0 bridgehead atoms. The van der Waals surface area contributed by atoms with Gasteiger partial charge >= 0.3 is 0 Å². The third kappa shape index (κ3) is 8.22. The summed E-state index contributed by atoms with van der Waals surface area (Å²) >= 11 is 0. The Bertz CT molecular complexity index is 115. The van der Waals surface area contributed by atoms with Crippen molar-refractivity contribution in [1.82, 2.24) is 0 Å². The Kier molecular flexibility index (Phi) is 7.23. The lowest BCUT2D eigenvalue weighted by Gasteiger charge is -2.22. The van der Waals surface area contributed by atoms with Gasteiger partial charge in [-0.3, -0.25) is 0 Å². The van der Waals surface area contributed by atoms with Gasteiger partial charge in [-0.25, -0.2) is 0 Å². The van der Waals surface area contributed by atoms with Crippen molar-refractivity contribution in [3.05, 3.63) is 0 Å². The van der Waals surface area contributed by atoms with Crippen molar-refractivity contribution in [2.24, 2.45) is 5.73 Å². The summed E-state index contributed by atoms with van der Waals surface area (Å²) in [6, 6.07) is 0. The number of nitrogens with two attached hydrogens (primary N) is 1. The highest BCUT2D eigenvalue weighted by Crippen LogP contribution is 2.09. The van der Waals surface area contributed by atoms with Crippen LogP contribution in [0, 0.1) is 0 Å². The van der Waals surface area contributed by atoms with E-state index in [0.717, 1.165) is 39.1 Å². The molecule has 3 nitrogen and oxygen atoms in total. The number of methoxy groups -OCH3 is 1. The summed E-state index contributed by atoms with van der Waals surface area (Å²) in [7, 11) is 1.70. The second kappa shape index (κ2) is 7.30. The average molecular weight is 189 g/mol. The topological polar surface area (TPSA) is 44.5 Å². The maximum Gasteiger partial charge on any atom is 0.0487 e. The van der Waals surface area contributed by atoms with Crippen molar-refractivity contribution in [3.8, 4) is 0 Å². The van der Waals surface area contributed by atoms with Crippen LogP contribution < -0.4 is 5.73 Å². The van der Waals surface area contributed by atoms with Crippen molar-refractivity contribution in [3.63, 3.8) is 0 Å². The fraction of sp³-hybridized carbons (Fsp3) is 1.00. The van der Waals surface area contributed by atoms with E-state index in [1.165, 1.54) is 0 Å². The van der Waals surface area contributed by atoms with E-state index in [-0.39, 0.29) is 5.54 Å². The van der Waals surface area contributed by atoms with Crippen LogP contribution in [0.25, 0.3) is 0 Å². The molecule has 0 aliphatic carbocycles. The van der Waals surface area contributed by atoms with Crippen LogP contribution in [-0.2, 0) is 9.47 Å². The van der Waals surface area contributed by atoms with Gasteiger partial charge in [0.1, 0.15) is 0 Å². The molecule has 1 unspecified atom stereocenters. The summed E-state index contributed by atoms with van der Waals surface area (Å²) in [6.45, 7) is 6.46. The molecule has 0 fully saturated rings. The SMILES string of the molecule is CCC(C)(N)CCOCCCOC. The molecule has 0 aliphatic rings. The number of hydrogen-bond donors (Lipinski definition) is 1. The van der Waals surface area contributed by atoms with E-state index in [2.05, 4.69) is 13.8 Å². The smallest absolute Gasteiger partial charge is 0.0487 e. The summed E-state index contributed by atoms with van der Waals surface area (Å²) in [5.74, 6) is 0. The predicted octanol–water partition coefficient (Wildman–Crippen LogP) is 1.56. The molecule has 80 valence electrons. The third-order valence-corrected chi connectivity index (χ3v) is 2.26. The van der Waals surface area contributed by atoms with Crippen LogP contribution >= 0.6 is 0 Å². The first kappa shape index (κ1) is 12.9. The molecule has 0 aliphatic heterocycles. The molecule has 0 aromatic carbocycles. The largest absolute Gasteiger partial charge is 0.385 e. The predicted molar refractivity (Wildman–Crippen MR) is 54.8 cm³/mol. The zero-order valence-electron chi connectivity index (χ0n) is 9.14. The first-order valence-electron chi connectivity index (χ1n) is 4.98. The molecule has 0 aromatic heterocycles. The van der Waals surface area contributed by atoms with E-state index in [4.69, 9.17) is 15.2 Å². The lowest BCUT2D eigenvalue weighted by atomic mass is 9.97. The Balaban J connectivity index is 3.16. The molecule has 0 heterocycles. The van der Waals surface area contributed by atoms with Crippen molar-refractivity contribution in [2.75, 3.05) is 26.9 Å². The maximum absolute atomic E-state index is 5.95. The Labute approximate surface area is 81.6 Å². The first-order chi connectivity index (χ1) is 6.12. The number of ether oxygens (including phenoxy) is 2. The molecule has 0 radical (unpaired) electrons. The zero-order chi connectivity index (χ0) is 10.2. The Morgan fingerprint density at radius 3 is 2.46 bits per heavy atom. The zero-order valence-corrected chi connectivity index (χ0v) is 9.14. The van der Waals surface area contributed by atoms with E-state index < -0.39 is 0 Å². The van der Waals surface area contributed by atoms with Gasteiger partial charge < -0.3 is 15.2 Å². The lowest BCUT2D eigenvalue weighted by molar-refractivity contribution is 0.0913.